The Morgan fingerprint density at radius 2 is 1.31 bits per heavy atom. The van der Waals surface area contributed by atoms with E-state index in [9.17, 15) is 0 Å². The van der Waals surface area contributed by atoms with Crippen LogP contribution in [0.25, 0.3) is 10.8 Å². The number of anilines is 3. The summed E-state index contributed by atoms with van der Waals surface area (Å²) >= 11 is 0. The van der Waals surface area contributed by atoms with Crippen molar-refractivity contribution >= 4 is 27.8 Å². The van der Waals surface area contributed by atoms with Gasteiger partial charge in [-0.05, 0) is 59.5 Å². The van der Waals surface area contributed by atoms with Gasteiger partial charge in [-0.1, -0.05) is 92.9 Å². The lowest BCUT2D eigenvalue weighted by Crippen LogP contribution is -2.12. The molecule has 0 radical (unpaired) electrons. The minimum atomic E-state index is 1.12. The minimum absolute atomic E-state index is 1.12. The molecule has 1 nitrogen and oxygen atoms in total. The van der Waals surface area contributed by atoms with Crippen LogP contribution in [0.2, 0.25) is 0 Å². The Bertz CT molecular complexity index is 1050. The standard InChI is InChI=1S/C28H29N/c1-2-3-4-6-14-24-15-11-12-19-28(24)29(26-17-7-5-8-18-26)27-21-20-23-13-9-10-16-25(23)22-27/h5,7-13,15-22H,2-4,6,14H2,1H3. The number of fused-ring (bicyclic) bond motifs is 1. The Morgan fingerprint density at radius 1 is 0.586 bits per heavy atom. The molecule has 0 aromatic heterocycles. The van der Waals surface area contributed by atoms with Crippen molar-refractivity contribution in [1.82, 2.24) is 0 Å². The Labute approximate surface area is 174 Å². The molecule has 0 heterocycles. The van der Waals surface area contributed by atoms with Gasteiger partial charge in [-0.2, -0.15) is 0 Å². The summed E-state index contributed by atoms with van der Waals surface area (Å²) in [6, 6.07) is 34.9. The summed E-state index contributed by atoms with van der Waals surface area (Å²) in [6.45, 7) is 2.27. The maximum atomic E-state index is 2.40. The lowest BCUT2D eigenvalue weighted by atomic mass is 10.0. The lowest BCUT2D eigenvalue weighted by molar-refractivity contribution is 0.667. The van der Waals surface area contributed by atoms with Crippen molar-refractivity contribution in [3.8, 4) is 0 Å². The van der Waals surface area contributed by atoms with E-state index in [0.717, 1.165) is 6.42 Å². The molecule has 4 aromatic rings. The van der Waals surface area contributed by atoms with Crippen LogP contribution in [0.1, 0.15) is 38.2 Å². The second-order valence-corrected chi connectivity index (χ2v) is 7.64. The Kier molecular flexibility index (Phi) is 6.26. The molecule has 0 unspecified atom stereocenters. The average molecular weight is 380 g/mol. The second kappa shape index (κ2) is 9.43. The van der Waals surface area contributed by atoms with Crippen LogP contribution in [0.4, 0.5) is 17.1 Å². The molecule has 0 amide bonds. The molecule has 0 saturated heterocycles. The number of unbranched alkanes of at least 4 members (excludes halogenated alkanes) is 3. The van der Waals surface area contributed by atoms with E-state index in [-0.39, 0.29) is 0 Å². The van der Waals surface area contributed by atoms with E-state index < -0.39 is 0 Å². The van der Waals surface area contributed by atoms with Gasteiger partial charge in [-0.15, -0.1) is 0 Å². The third kappa shape index (κ3) is 4.51. The van der Waals surface area contributed by atoms with Gasteiger partial charge in [0.2, 0.25) is 0 Å². The van der Waals surface area contributed by atoms with Gasteiger partial charge in [-0.3, -0.25) is 0 Å². The van der Waals surface area contributed by atoms with Crippen LogP contribution in [0.5, 0.6) is 0 Å². The quantitative estimate of drug-likeness (QED) is 0.278. The summed E-state index contributed by atoms with van der Waals surface area (Å²) in [5.41, 5.74) is 5.10. The first kappa shape index (κ1) is 19.3. The third-order valence-electron chi connectivity index (χ3n) is 5.54. The van der Waals surface area contributed by atoms with E-state index in [1.807, 2.05) is 0 Å². The first-order valence-electron chi connectivity index (χ1n) is 10.8. The molecule has 0 spiro atoms. The molecule has 29 heavy (non-hydrogen) atoms. The van der Waals surface area contributed by atoms with Gasteiger partial charge in [0.05, 0.1) is 0 Å². The molecule has 0 aliphatic rings. The van der Waals surface area contributed by atoms with Crippen molar-refractivity contribution < 1.29 is 0 Å². The van der Waals surface area contributed by atoms with Gasteiger partial charge in [0.15, 0.2) is 0 Å². The van der Waals surface area contributed by atoms with Gasteiger partial charge in [0.1, 0.15) is 0 Å². The molecule has 0 aliphatic carbocycles. The molecular formula is C28H29N. The summed E-state index contributed by atoms with van der Waals surface area (Å²) in [6.07, 6.45) is 6.24. The van der Waals surface area contributed by atoms with Crippen LogP contribution >= 0.6 is 0 Å². The first-order chi connectivity index (χ1) is 14.4. The Morgan fingerprint density at radius 3 is 2.14 bits per heavy atom. The Balaban J connectivity index is 1.78. The van der Waals surface area contributed by atoms with E-state index in [4.69, 9.17) is 0 Å². The number of benzene rings is 4. The van der Waals surface area contributed by atoms with Crippen molar-refractivity contribution in [2.45, 2.75) is 39.0 Å². The van der Waals surface area contributed by atoms with Gasteiger partial charge in [-0.25, -0.2) is 0 Å². The maximum absolute atomic E-state index is 2.40. The molecule has 0 saturated carbocycles. The Hall–Kier alpha value is -3.06. The van der Waals surface area contributed by atoms with Crippen LogP contribution in [0, 0.1) is 0 Å². The molecule has 0 fully saturated rings. The van der Waals surface area contributed by atoms with Crippen LogP contribution in [0.3, 0.4) is 0 Å². The molecular weight excluding hydrogens is 350 g/mol. The average Bonchev–Trinajstić information content (AvgIpc) is 2.78. The summed E-state index contributed by atoms with van der Waals surface area (Å²) < 4.78 is 0. The van der Waals surface area contributed by atoms with Crippen LogP contribution in [0.15, 0.2) is 97.1 Å². The SMILES string of the molecule is CCCCCCc1ccccc1N(c1ccccc1)c1ccc2ccccc2c1. The first-order valence-corrected chi connectivity index (χ1v) is 10.8. The second-order valence-electron chi connectivity index (χ2n) is 7.64. The fourth-order valence-corrected chi connectivity index (χ4v) is 4.00. The van der Waals surface area contributed by atoms with Crippen LogP contribution in [-0.2, 0) is 6.42 Å². The highest BCUT2D eigenvalue weighted by atomic mass is 15.1. The fraction of sp³-hybridized carbons (Fsp3) is 0.214. The van der Waals surface area contributed by atoms with Crippen molar-refractivity contribution in [3.05, 3.63) is 103 Å². The molecule has 0 aliphatic heterocycles. The van der Waals surface area contributed by atoms with E-state index in [2.05, 4.69) is 109 Å². The molecule has 0 N–H and O–H groups in total. The summed E-state index contributed by atoms with van der Waals surface area (Å²) in [5.74, 6) is 0. The van der Waals surface area contributed by atoms with E-state index in [0.29, 0.717) is 0 Å². The number of rotatable bonds is 8. The monoisotopic (exact) mass is 379 g/mol. The summed E-state index contributed by atoms with van der Waals surface area (Å²) in [4.78, 5) is 2.40. The van der Waals surface area contributed by atoms with E-state index in [1.165, 1.54) is 59.1 Å². The molecule has 0 atom stereocenters. The van der Waals surface area contributed by atoms with Crippen LogP contribution in [-0.4, -0.2) is 0 Å². The zero-order valence-electron chi connectivity index (χ0n) is 17.2. The van der Waals surface area contributed by atoms with Gasteiger partial charge in [0, 0.05) is 17.1 Å². The van der Waals surface area contributed by atoms with Gasteiger partial charge >= 0.3 is 0 Å². The minimum Gasteiger partial charge on any atom is -0.310 e. The molecule has 4 aromatic carbocycles. The number of nitrogens with zero attached hydrogens (tertiary/aromatic N) is 1. The zero-order valence-corrected chi connectivity index (χ0v) is 17.2. The highest BCUT2D eigenvalue weighted by Gasteiger charge is 2.15. The predicted molar refractivity (Wildman–Crippen MR) is 126 cm³/mol. The smallest absolute Gasteiger partial charge is 0.0493 e. The molecule has 1 heteroatoms. The number of hydrogen-bond donors (Lipinski definition) is 0. The maximum Gasteiger partial charge on any atom is 0.0493 e. The molecule has 0 bridgehead atoms. The molecule has 146 valence electrons. The topological polar surface area (TPSA) is 3.24 Å². The highest BCUT2D eigenvalue weighted by Crippen LogP contribution is 2.38. The molecule has 4 rings (SSSR count). The largest absolute Gasteiger partial charge is 0.310 e. The van der Waals surface area contributed by atoms with Gasteiger partial charge < -0.3 is 4.90 Å². The normalized spacial score (nSPS) is 10.9. The zero-order chi connectivity index (χ0) is 19.9. The number of aryl methyl sites for hydroxylation is 1. The summed E-state index contributed by atoms with van der Waals surface area (Å²) in [5, 5.41) is 2.54. The van der Waals surface area contributed by atoms with E-state index in [1.54, 1.807) is 0 Å². The predicted octanol–water partition coefficient (Wildman–Crippen LogP) is 8.43. The van der Waals surface area contributed by atoms with Crippen molar-refractivity contribution in [1.29, 1.82) is 0 Å². The van der Waals surface area contributed by atoms with Gasteiger partial charge in [0.25, 0.3) is 0 Å². The fourth-order valence-electron chi connectivity index (χ4n) is 4.00. The van der Waals surface area contributed by atoms with Crippen molar-refractivity contribution in [2.75, 3.05) is 4.90 Å². The third-order valence-corrected chi connectivity index (χ3v) is 5.54. The van der Waals surface area contributed by atoms with Crippen LogP contribution < -0.4 is 4.90 Å². The number of para-hydroxylation sites is 2. The van der Waals surface area contributed by atoms with Crippen molar-refractivity contribution in [2.24, 2.45) is 0 Å². The van der Waals surface area contributed by atoms with E-state index >= 15 is 0 Å². The number of hydrogen-bond acceptors (Lipinski definition) is 1. The summed E-state index contributed by atoms with van der Waals surface area (Å²) in [7, 11) is 0. The van der Waals surface area contributed by atoms with Crippen molar-refractivity contribution in [3.63, 3.8) is 0 Å². The highest BCUT2D eigenvalue weighted by molar-refractivity contribution is 5.89. The lowest BCUT2D eigenvalue weighted by Gasteiger charge is -2.28.